The van der Waals surface area contributed by atoms with Gasteiger partial charge in [0.2, 0.25) is 5.91 Å². The summed E-state index contributed by atoms with van der Waals surface area (Å²) in [6.07, 6.45) is 3.99. The van der Waals surface area contributed by atoms with E-state index >= 15 is 0 Å². The molecular weight excluding hydrogens is 262 g/mol. The van der Waals surface area contributed by atoms with Gasteiger partial charge in [0.25, 0.3) is 0 Å². The maximum absolute atomic E-state index is 12.2. The molecule has 3 N–H and O–H groups in total. The molecule has 1 heterocycles. The highest BCUT2D eigenvalue weighted by Gasteiger charge is 2.39. The van der Waals surface area contributed by atoms with Crippen molar-refractivity contribution in [2.75, 3.05) is 19.3 Å². The van der Waals surface area contributed by atoms with Crippen LogP contribution in [0.3, 0.4) is 0 Å². The first-order valence-electron chi connectivity index (χ1n) is 6.55. The van der Waals surface area contributed by atoms with Gasteiger partial charge >= 0.3 is 0 Å². The smallest absolute Gasteiger partial charge is 0.223 e. The van der Waals surface area contributed by atoms with Crippen LogP contribution in [0.4, 0.5) is 0 Å². The highest BCUT2D eigenvalue weighted by molar-refractivity contribution is 8.00. The van der Waals surface area contributed by atoms with E-state index in [0.29, 0.717) is 19.5 Å². The second-order valence-electron chi connectivity index (χ2n) is 6.30. The number of hydrogen-bond donors (Lipinski definition) is 2. The molecule has 1 aliphatic rings. The van der Waals surface area contributed by atoms with Crippen LogP contribution < -0.4 is 5.73 Å². The molecule has 0 atom stereocenters. The third kappa shape index (κ3) is 4.03. The van der Waals surface area contributed by atoms with Crippen molar-refractivity contribution in [1.82, 2.24) is 4.90 Å². The van der Waals surface area contributed by atoms with Gasteiger partial charge < -0.3 is 15.8 Å². The molecule has 0 bridgehead atoms. The largest absolute Gasteiger partial charge is 0.409 e. The number of oxime groups is 1. The quantitative estimate of drug-likeness (QED) is 0.359. The van der Waals surface area contributed by atoms with Crippen LogP contribution in [0.5, 0.6) is 0 Å². The van der Waals surface area contributed by atoms with E-state index in [1.54, 1.807) is 11.8 Å². The van der Waals surface area contributed by atoms with Crippen LogP contribution in [0.15, 0.2) is 5.16 Å². The number of nitrogens with zero attached hydrogens (tertiary/aromatic N) is 2. The molecular formula is C13H25N3O2S. The van der Waals surface area contributed by atoms with E-state index in [-0.39, 0.29) is 21.9 Å². The standard InChI is InChI=1S/C13H25N3O2S/c1-12(2,3)9-10(17)16-7-5-13(19-4,6-8-16)11(14)15-18/h18H,5-9H2,1-4H3,(H2,14,15). The average molecular weight is 287 g/mol. The van der Waals surface area contributed by atoms with Crippen molar-refractivity contribution < 1.29 is 10.0 Å². The number of piperidine rings is 1. The first-order chi connectivity index (χ1) is 8.74. The molecule has 0 unspecified atom stereocenters. The molecule has 6 heteroatoms. The average Bonchev–Trinajstić information content (AvgIpc) is 2.35. The molecule has 1 amide bonds. The predicted molar refractivity (Wildman–Crippen MR) is 79.5 cm³/mol. The molecule has 1 saturated heterocycles. The number of amides is 1. The minimum Gasteiger partial charge on any atom is -0.409 e. The lowest BCUT2D eigenvalue weighted by Crippen LogP contribution is -2.51. The zero-order valence-electron chi connectivity index (χ0n) is 12.3. The molecule has 0 aromatic carbocycles. The van der Waals surface area contributed by atoms with E-state index in [0.717, 1.165) is 12.8 Å². The van der Waals surface area contributed by atoms with E-state index in [1.807, 2.05) is 11.2 Å². The Balaban J connectivity index is 2.64. The Labute approximate surface area is 119 Å². The monoisotopic (exact) mass is 287 g/mol. The molecule has 0 spiro atoms. The molecule has 5 nitrogen and oxygen atoms in total. The number of amidine groups is 1. The Morgan fingerprint density at radius 2 is 1.95 bits per heavy atom. The van der Waals surface area contributed by atoms with E-state index in [2.05, 4.69) is 25.9 Å². The van der Waals surface area contributed by atoms with Crippen LogP contribution in [0, 0.1) is 5.41 Å². The van der Waals surface area contributed by atoms with Crippen LogP contribution in [0.1, 0.15) is 40.0 Å². The number of likely N-dealkylation sites (tertiary alicyclic amines) is 1. The van der Waals surface area contributed by atoms with Gasteiger partial charge in [-0.3, -0.25) is 4.79 Å². The number of carbonyl (C=O) groups is 1. The van der Waals surface area contributed by atoms with Crippen LogP contribution in [0.2, 0.25) is 0 Å². The second-order valence-corrected chi connectivity index (χ2v) is 7.49. The summed E-state index contributed by atoms with van der Waals surface area (Å²) in [5, 5.41) is 12.0. The van der Waals surface area contributed by atoms with Crippen molar-refractivity contribution in [2.24, 2.45) is 16.3 Å². The third-order valence-electron chi connectivity index (χ3n) is 3.57. The molecule has 0 aromatic heterocycles. The number of hydrogen-bond acceptors (Lipinski definition) is 4. The number of nitrogens with two attached hydrogens (primary N) is 1. The summed E-state index contributed by atoms with van der Waals surface area (Å²) in [7, 11) is 0. The van der Waals surface area contributed by atoms with Gasteiger partial charge in [-0.25, -0.2) is 0 Å². The molecule has 0 aromatic rings. The molecule has 0 saturated carbocycles. The van der Waals surface area contributed by atoms with Gasteiger partial charge in [-0.2, -0.15) is 11.8 Å². The predicted octanol–water partition coefficient (Wildman–Crippen LogP) is 1.89. The van der Waals surface area contributed by atoms with Crippen molar-refractivity contribution >= 4 is 23.5 Å². The van der Waals surface area contributed by atoms with Crippen molar-refractivity contribution in [2.45, 2.75) is 44.8 Å². The number of rotatable bonds is 3. The lowest BCUT2D eigenvalue weighted by molar-refractivity contribution is -0.134. The minimum atomic E-state index is -0.326. The van der Waals surface area contributed by atoms with Gasteiger partial charge in [0, 0.05) is 19.5 Å². The molecule has 0 aliphatic carbocycles. The zero-order valence-corrected chi connectivity index (χ0v) is 13.1. The lowest BCUT2D eigenvalue weighted by Gasteiger charge is -2.40. The Morgan fingerprint density at radius 3 is 2.32 bits per heavy atom. The summed E-state index contributed by atoms with van der Waals surface area (Å²) in [5.41, 5.74) is 5.80. The van der Waals surface area contributed by atoms with E-state index in [1.165, 1.54) is 0 Å². The summed E-state index contributed by atoms with van der Waals surface area (Å²) in [4.78, 5) is 14.1. The molecule has 110 valence electrons. The Morgan fingerprint density at radius 1 is 1.42 bits per heavy atom. The van der Waals surface area contributed by atoms with Crippen LogP contribution >= 0.6 is 11.8 Å². The van der Waals surface area contributed by atoms with Gasteiger partial charge in [-0.1, -0.05) is 25.9 Å². The summed E-state index contributed by atoms with van der Waals surface area (Å²) in [6.45, 7) is 7.55. The summed E-state index contributed by atoms with van der Waals surface area (Å²) in [6, 6.07) is 0. The molecule has 1 rings (SSSR count). The van der Waals surface area contributed by atoms with Gasteiger partial charge in [0.1, 0.15) is 0 Å². The highest BCUT2D eigenvalue weighted by Crippen LogP contribution is 2.35. The fourth-order valence-electron chi connectivity index (χ4n) is 2.34. The molecule has 0 radical (unpaired) electrons. The van der Waals surface area contributed by atoms with Crippen LogP contribution in [-0.2, 0) is 4.79 Å². The SMILES string of the molecule is CSC1(C(N)=NO)CCN(C(=O)CC(C)(C)C)CC1. The topological polar surface area (TPSA) is 78.9 Å². The van der Waals surface area contributed by atoms with E-state index in [4.69, 9.17) is 10.9 Å². The number of carbonyl (C=O) groups excluding carboxylic acids is 1. The third-order valence-corrected chi connectivity index (χ3v) is 4.97. The fraction of sp³-hybridized carbons (Fsp3) is 0.846. The van der Waals surface area contributed by atoms with Crippen LogP contribution in [0.25, 0.3) is 0 Å². The van der Waals surface area contributed by atoms with E-state index < -0.39 is 0 Å². The zero-order chi connectivity index (χ0) is 14.7. The molecule has 1 fully saturated rings. The lowest BCUT2D eigenvalue weighted by atomic mass is 9.90. The Hall–Kier alpha value is -0.910. The van der Waals surface area contributed by atoms with Gasteiger partial charge in [-0.05, 0) is 24.5 Å². The van der Waals surface area contributed by atoms with Gasteiger partial charge in [-0.15, -0.1) is 0 Å². The van der Waals surface area contributed by atoms with Crippen LogP contribution in [-0.4, -0.2) is 45.9 Å². The first kappa shape index (κ1) is 16.1. The van der Waals surface area contributed by atoms with E-state index in [9.17, 15) is 4.79 Å². The normalized spacial score (nSPS) is 20.4. The summed E-state index contributed by atoms with van der Waals surface area (Å²) >= 11 is 1.60. The number of thioether (sulfide) groups is 1. The summed E-state index contributed by atoms with van der Waals surface area (Å²) in [5.74, 6) is 0.463. The van der Waals surface area contributed by atoms with Gasteiger partial charge in [0.05, 0.1) is 4.75 Å². The van der Waals surface area contributed by atoms with Crippen molar-refractivity contribution in [3.05, 3.63) is 0 Å². The second kappa shape index (κ2) is 6.03. The fourth-order valence-corrected chi connectivity index (χ4v) is 3.18. The Bertz CT molecular complexity index is 355. The Kier molecular flexibility index (Phi) is 5.12. The molecule has 19 heavy (non-hydrogen) atoms. The van der Waals surface area contributed by atoms with Crippen molar-refractivity contribution in [1.29, 1.82) is 0 Å². The maximum atomic E-state index is 12.2. The van der Waals surface area contributed by atoms with Crippen molar-refractivity contribution in [3.63, 3.8) is 0 Å². The highest BCUT2D eigenvalue weighted by atomic mass is 32.2. The summed E-state index contributed by atoms with van der Waals surface area (Å²) < 4.78 is -0.326. The van der Waals surface area contributed by atoms with Gasteiger partial charge in [0.15, 0.2) is 5.84 Å². The minimum absolute atomic E-state index is 0.0106. The first-order valence-corrected chi connectivity index (χ1v) is 7.77. The maximum Gasteiger partial charge on any atom is 0.223 e. The molecule has 1 aliphatic heterocycles. The van der Waals surface area contributed by atoms with Crippen molar-refractivity contribution in [3.8, 4) is 0 Å².